The van der Waals surface area contributed by atoms with E-state index in [1.807, 2.05) is 6.20 Å². The Morgan fingerprint density at radius 2 is 2.57 bits per heavy atom. The van der Waals surface area contributed by atoms with Crippen molar-refractivity contribution in [2.75, 3.05) is 13.2 Å². The van der Waals surface area contributed by atoms with Crippen molar-refractivity contribution in [1.29, 1.82) is 0 Å². The molecule has 0 spiro atoms. The monoisotopic (exact) mass is 99.1 g/mol. The highest BCUT2D eigenvalue weighted by molar-refractivity contribution is 4.99. The summed E-state index contributed by atoms with van der Waals surface area (Å²) in [6.07, 6.45) is 1.82. The third kappa shape index (κ3) is 1.08. The van der Waals surface area contributed by atoms with E-state index in [-0.39, 0.29) is 0 Å². The Morgan fingerprint density at radius 1 is 1.71 bits per heavy atom. The molecule has 0 unspecified atom stereocenters. The van der Waals surface area contributed by atoms with E-state index in [4.69, 9.17) is 5.73 Å². The molecule has 0 fully saturated rings. The van der Waals surface area contributed by atoms with E-state index in [1.54, 1.807) is 0 Å². The number of rotatable bonds is 0. The second kappa shape index (κ2) is 1.84. The van der Waals surface area contributed by atoms with Crippen LogP contribution < -0.4 is 16.4 Å². The average molecular weight is 99.1 g/mol. The Kier molecular flexibility index (Phi) is 1.17. The van der Waals surface area contributed by atoms with Gasteiger partial charge in [0.05, 0.1) is 6.67 Å². The van der Waals surface area contributed by atoms with E-state index in [9.17, 15) is 0 Å². The molecule has 0 bridgehead atoms. The van der Waals surface area contributed by atoms with E-state index in [1.165, 1.54) is 0 Å². The number of hydrogen-bond donors (Lipinski definition) is 3. The maximum absolute atomic E-state index is 5.37. The molecule has 7 heavy (non-hydrogen) atoms. The van der Waals surface area contributed by atoms with Crippen molar-refractivity contribution in [2.45, 2.75) is 0 Å². The standard InChI is InChI=1S/C4H9N3/c5-4-1-6-3-7-2-4/h1,6-7H,2-3,5H2. The largest absolute Gasteiger partial charge is 0.400 e. The fourth-order valence-electron chi connectivity index (χ4n) is 0.512. The van der Waals surface area contributed by atoms with Crippen molar-refractivity contribution < 1.29 is 0 Å². The first-order valence-corrected chi connectivity index (χ1v) is 2.28. The molecule has 1 heterocycles. The van der Waals surface area contributed by atoms with Gasteiger partial charge in [-0.2, -0.15) is 0 Å². The fraction of sp³-hybridized carbons (Fsp3) is 0.500. The number of nitrogens with two attached hydrogens (primary N) is 1. The molecule has 1 rings (SSSR count). The van der Waals surface area contributed by atoms with E-state index < -0.39 is 0 Å². The van der Waals surface area contributed by atoms with Crippen LogP contribution in [0.15, 0.2) is 11.9 Å². The van der Waals surface area contributed by atoms with Crippen molar-refractivity contribution in [3.8, 4) is 0 Å². The topological polar surface area (TPSA) is 50.1 Å². The van der Waals surface area contributed by atoms with Gasteiger partial charge in [0.2, 0.25) is 0 Å². The van der Waals surface area contributed by atoms with Crippen molar-refractivity contribution in [2.24, 2.45) is 5.73 Å². The highest BCUT2D eigenvalue weighted by Crippen LogP contribution is 1.79. The first-order chi connectivity index (χ1) is 3.39. The Morgan fingerprint density at radius 3 is 2.86 bits per heavy atom. The number of nitrogens with one attached hydrogen (secondary N) is 2. The molecule has 3 nitrogen and oxygen atoms in total. The van der Waals surface area contributed by atoms with Crippen molar-refractivity contribution in [1.82, 2.24) is 10.6 Å². The first kappa shape index (κ1) is 4.46. The van der Waals surface area contributed by atoms with Gasteiger partial charge in [-0.25, -0.2) is 0 Å². The predicted octanol–water partition coefficient (Wildman–Crippen LogP) is -1.06. The molecule has 4 N–H and O–H groups in total. The SMILES string of the molecule is NC1=CNCNC1. The third-order valence-electron chi connectivity index (χ3n) is 0.844. The van der Waals surface area contributed by atoms with Crippen LogP contribution in [0.3, 0.4) is 0 Å². The third-order valence-corrected chi connectivity index (χ3v) is 0.844. The smallest absolute Gasteiger partial charge is 0.0651 e. The van der Waals surface area contributed by atoms with Gasteiger partial charge in [-0.05, 0) is 0 Å². The van der Waals surface area contributed by atoms with Crippen LogP contribution in [-0.4, -0.2) is 13.2 Å². The average Bonchev–Trinajstić information content (AvgIpc) is 1.69. The summed E-state index contributed by atoms with van der Waals surface area (Å²) >= 11 is 0. The van der Waals surface area contributed by atoms with Gasteiger partial charge in [0.1, 0.15) is 0 Å². The zero-order valence-corrected chi connectivity index (χ0v) is 4.07. The Hall–Kier alpha value is -0.700. The van der Waals surface area contributed by atoms with Crippen LogP contribution in [-0.2, 0) is 0 Å². The van der Waals surface area contributed by atoms with Gasteiger partial charge in [0, 0.05) is 18.4 Å². The molecule has 0 aromatic carbocycles. The van der Waals surface area contributed by atoms with Gasteiger partial charge in [0.25, 0.3) is 0 Å². The second-order valence-corrected chi connectivity index (χ2v) is 1.53. The van der Waals surface area contributed by atoms with Crippen LogP contribution in [0.2, 0.25) is 0 Å². The molecule has 0 atom stereocenters. The van der Waals surface area contributed by atoms with Crippen molar-refractivity contribution in [3.63, 3.8) is 0 Å². The molecule has 1 aliphatic heterocycles. The minimum Gasteiger partial charge on any atom is -0.400 e. The zero-order valence-electron chi connectivity index (χ0n) is 4.07. The van der Waals surface area contributed by atoms with E-state index in [0.29, 0.717) is 0 Å². The van der Waals surface area contributed by atoms with Gasteiger partial charge in [0.15, 0.2) is 0 Å². The van der Waals surface area contributed by atoms with Crippen LogP contribution >= 0.6 is 0 Å². The lowest BCUT2D eigenvalue weighted by molar-refractivity contribution is 0.643. The van der Waals surface area contributed by atoms with Crippen LogP contribution in [0.5, 0.6) is 0 Å². The molecule has 0 radical (unpaired) electrons. The van der Waals surface area contributed by atoms with E-state index in [0.717, 1.165) is 18.9 Å². The molecular weight excluding hydrogens is 90.1 g/mol. The molecule has 0 aliphatic carbocycles. The summed E-state index contributed by atoms with van der Waals surface area (Å²) in [7, 11) is 0. The summed E-state index contributed by atoms with van der Waals surface area (Å²) in [6, 6.07) is 0. The van der Waals surface area contributed by atoms with Gasteiger partial charge < -0.3 is 11.1 Å². The molecule has 0 aromatic heterocycles. The highest BCUT2D eigenvalue weighted by atomic mass is 15.1. The second-order valence-electron chi connectivity index (χ2n) is 1.53. The Bertz CT molecular complexity index is 86.9. The summed E-state index contributed by atoms with van der Waals surface area (Å²) in [5, 5.41) is 5.97. The molecule has 3 heteroatoms. The summed E-state index contributed by atoms with van der Waals surface area (Å²) in [5.41, 5.74) is 6.24. The summed E-state index contributed by atoms with van der Waals surface area (Å²) in [4.78, 5) is 0. The van der Waals surface area contributed by atoms with Crippen LogP contribution in [0.4, 0.5) is 0 Å². The minimum absolute atomic E-state index is 0.812. The van der Waals surface area contributed by atoms with Gasteiger partial charge >= 0.3 is 0 Å². The van der Waals surface area contributed by atoms with Gasteiger partial charge in [-0.1, -0.05) is 0 Å². The molecule has 0 amide bonds. The lowest BCUT2D eigenvalue weighted by Gasteiger charge is -2.10. The van der Waals surface area contributed by atoms with Crippen molar-refractivity contribution in [3.05, 3.63) is 11.9 Å². The normalized spacial score (nSPS) is 20.3. The summed E-state index contributed by atoms with van der Waals surface area (Å²) in [5.74, 6) is 0. The Balaban J connectivity index is 2.40. The lowest BCUT2D eigenvalue weighted by atomic mass is 10.4. The summed E-state index contributed by atoms with van der Waals surface area (Å²) in [6.45, 7) is 1.65. The maximum atomic E-state index is 5.37. The zero-order chi connectivity index (χ0) is 5.11. The summed E-state index contributed by atoms with van der Waals surface area (Å²) < 4.78 is 0. The highest BCUT2D eigenvalue weighted by Gasteiger charge is 1.92. The van der Waals surface area contributed by atoms with Crippen LogP contribution in [0.1, 0.15) is 0 Å². The van der Waals surface area contributed by atoms with Gasteiger partial charge in [-0.3, -0.25) is 5.32 Å². The molecule has 40 valence electrons. The molecular formula is C4H9N3. The Labute approximate surface area is 42.6 Å². The lowest BCUT2D eigenvalue weighted by Crippen LogP contribution is -2.34. The van der Waals surface area contributed by atoms with Gasteiger partial charge in [-0.15, -0.1) is 0 Å². The van der Waals surface area contributed by atoms with Crippen LogP contribution in [0.25, 0.3) is 0 Å². The quantitative estimate of drug-likeness (QED) is 0.362. The van der Waals surface area contributed by atoms with Crippen LogP contribution in [0, 0.1) is 0 Å². The first-order valence-electron chi connectivity index (χ1n) is 2.28. The molecule has 0 saturated heterocycles. The van der Waals surface area contributed by atoms with E-state index in [2.05, 4.69) is 10.6 Å². The molecule has 0 saturated carbocycles. The number of hydrogen-bond acceptors (Lipinski definition) is 3. The minimum atomic E-state index is 0.812. The maximum Gasteiger partial charge on any atom is 0.0651 e. The van der Waals surface area contributed by atoms with E-state index >= 15 is 0 Å². The molecule has 1 aliphatic rings. The van der Waals surface area contributed by atoms with Crippen molar-refractivity contribution >= 4 is 0 Å². The fourth-order valence-corrected chi connectivity index (χ4v) is 0.512. The predicted molar refractivity (Wildman–Crippen MR) is 28.3 cm³/mol. The molecule has 0 aromatic rings.